The van der Waals surface area contributed by atoms with Crippen molar-refractivity contribution in [3.63, 3.8) is 0 Å². The van der Waals surface area contributed by atoms with Crippen LogP contribution in [0.1, 0.15) is 104 Å². The van der Waals surface area contributed by atoms with E-state index in [0.29, 0.717) is 39.5 Å². The van der Waals surface area contributed by atoms with E-state index < -0.39 is 0 Å². The van der Waals surface area contributed by atoms with Crippen molar-refractivity contribution in [2.75, 3.05) is 33.0 Å². The molecule has 0 aliphatic heterocycles. The Morgan fingerprint density at radius 1 is 0.643 bits per heavy atom. The lowest BCUT2D eigenvalue weighted by Crippen LogP contribution is -2.12. The van der Waals surface area contributed by atoms with Gasteiger partial charge in [0.05, 0.1) is 19.8 Å². The summed E-state index contributed by atoms with van der Waals surface area (Å²) in [7, 11) is 0. The number of carbonyl (C=O) groups is 1. The second kappa shape index (κ2) is 24.2. The molecule has 4 heteroatoms. The van der Waals surface area contributed by atoms with Crippen LogP contribution in [0.2, 0.25) is 0 Å². The van der Waals surface area contributed by atoms with Gasteiger partial charge in [-0.25, -0.2) is 0 Å². The molecule has 166 valence electrons. The topological polar surface area (TPSA) is 44.8 Å². The molecule has 0 fully saturated rings. The highest BCUT2D eigenvalue weighted by Gasteiger charge is 2.02. The molecule has 0 saturated carbocycles. The van der Waals surface area contributed by atoms with Gasteiger partial charge in [0.2, 0.25) is 0 Å². The smallest absolute Gasteiger partial charge is 0.305 e. The van der Waals surface area contributed by atoms with Gasteiger partial charge in [-0.2, -0.15) is 0 Å². The number of unbranched alkanes of at least 4 members (excludes halogenated alkanes) is 11. The maximum atomic E-state index is 11.6. The molecule has 0 N–H and O–H groups in total. The van der Waals surface area contributed by atoms with E-state index in [0.717, 1.165) is 12.8 Å². The van der Waals surface area contributed by atoms with E-state index in [2.05, 4.69) is 19.1 Å². The summed E-state index contributed by atoms with van der Waals surface area (Å²) in [6.45, 7) is 6.87. The molecule has 0 rings (SSSR count). The molecule has 0 aliphatic carbocycles. The van der Waals surface area contributed by atoms with Gasteiger partial charge in [0.25, 0.3) is 0 Å². The Labute approximate surface area is 174 Å². The maximum absolute atomic E-state index is 11.6. The highest BCUT2D eigenvalue weighted by Crippen LogP contribution is 2.10. The van der Waals surface area contributed by atoms with E-state index in [1.165, 1.54) is 70.6 Å². The second-order valence-corrected chi connectivity index (χ2v) is 7.36. The van der Waals surface area contributed by atoms with Crippen molar-refractivity contribution in [3.8, 4) is 0 Å². The fourth-order valence-electron chi connectivity index (χ4n) is 2.99. The quantitative estimate of drug-likeness (QED) is 0.117. The summed E-state index contributed by atoms with van der Waals surface area (Å²) in [6, 6.07) is 0. The van der Waals surface area contributed by atoms with Gasteiger partial charge < -0.3 is 14.2 Å². The van der Waals surface area contributed by atoms with Crippen molar-refractivity contribution < 1.29 is 19.0 Å². The number of hydrogen-bond donors (Lipinski definition) is 0. The van der Waals surface area contributed by atoms with Crippen LogP contribution >= 0.6 is 0 Å². The van der Waals surface area contributed by atoms with Gasteiger partial charge in [0, 0.05) is 13.0 Å². The number of rotatable bonds is 22. The number of carbonyl (C=O) groups excluding carboxylic acids is 1. The zero-order valence-corrected chi connectivity index (χ0v) is 18.7. The summed E-state index contributed by atoms with van der Waals surface area (Å²) in [6.07, 6.45) is 21.7. The van der Waals surface area contributed by atoms with Gasteiger partial charge in [-0.3, -0.25) is 4.79 Å². The van der Waals surface area contributed by atoms with E-state index in [1.807, 2.05) is 6.92 Å². The van der Waals surface area contributed by atoms with Crippen LogP contribution in [-0.4, -0.2) is 39.0 Å². The first-order chi connectivity index (χ1) is 13.8. The summed E-state index contributed by atoms with van der Waals surface area (Å²) in [5.41, 5.74) is 0. The van der Waals surface area contributed by atoms with Gasteiger partial charge >= 0.3 is 5.97 Å². The normalized spacial score (nSPS) is 11.4. The highest BCUT2D eigenvalue weighted by atomic mass is 16.6. The van der Waals surface area contributed by atoms with Crippen molar-refractivity contribution in [1.29, 1.82) is 0 Å². The zero-order chi connectivity index (χ0) is 20.5. The minimum absolute atomic E-state index is 0.106. The molecule has 0 aromatic heterocycles. The van der Waals surface area contributed by atoms with Crippen LogP contribution in [0.4, 0.5) is 0 Å². The summed E-state index contributed by atoms with van der Waals surface area (Å²) in [5, 5.41) is 0. The number of hydrogen-bond acceptors (Lipinski definition) is 4. The molecule has 0 radical (unpaired) electrons. The van der Waals surface area contributed by atoms with E-state index in [1.54, 1.807) is 0 Å². The van der Waals surface area contributed by atoms with Crippen molar-refractivity contribution in [2.24, 2.45) is 0 Å². The first kappa shape index (κ1) is 27.1. The Bertz CT molecular complexity index is 341. The van der Waals surface area contributed by atoms with Gasteiger partial charge in [-0.1, -0.05) is 70.4 Å². The second-order valence-electron chi connectivity index (χ2n) is 7.36. The van der Waals surface area contributed by atoms with Crippen molar-refractivity contribution in [1.82, 2.24) is 0 Å². The molecular formula is C24H46O4. The van der Waals surface area contributed by atoms with Crippen LogP contribution in [0.3, 0.4) is 0 Å². The lowest BCUT2D eigenvalue weighted by molar-refractivity contribution is -0.145. The van der Waals surface area contributed by atoms with Crippen molar-refractivity contribution >= 4 is 5.97 Å². The molecule has 0 aromatic carbocycles. The van der Waals surface area contributed by atoms with Gasteiger partial charge in [0.1, 0.15) is 6.61 Å². The number of ether oxygens (including phenoxy) is 3. The van der Waals surface area contributed by atoms with Gasteiger partial charge in [-0.15, -0.1) is 0 Å². The SMILES string of the molecule is CCCCCCCCC=CCCCCCCCC(=O)OCCOCCOCC. The average molecular weight is 399 g/mol. The minimum atomic E-state index is -0.106. The summed E-state index contributed by atoms with van der Waals surface area (Å²) >= 11 is 0. The first-order valence-corrected chi connectivity index (χ1v) is 11.8. The molecule has 0 spiro atoms. The molecule has 4 nitrogen and oxygen atoms in total. The fourth-order valence-corrected chi connectivity index (χ4v) is 2.99. The Kier molecular flexibility index (Phi) is 23.4. The summed E-state index contributed by atoms with van der Waals surface area (Å²) < 4.78 is 15.6. The Morgan fingerprint density at radius 2 is 1.18 bits per heavy atom. The third-order valence-electron chi connectivity index (χ3n) is 4.71. The maximum Gasteiger partial charge on any atom is 0.305 e. The number of allylic oxidation sites excluding steroid dienone is 2. The largest absolute Gasteiger partial charge is 0.463 e. The fraction of sp³-hybridized carbons (Fsp3) is 0.875. The van der Waals surface area contributed by atoms with E-state index >= 15 is 0 Å². The monoisotopic (exact) mass is 398 g/mol. The molecule has 0 aliphatic rings. The third kappa shape index (κ3) is 23.2. The summed E-state index contributed by atoms with van der Waals surface area (Å²) in [4.78, 5) is 11.6. The highest BCUT2D eigenvalue weighted by molar-refractivity contribution is 5.69. The molecule has 0 saturated heterocycles. The third-order valence-corrected chi connectivity index (χ3v) is 4.71. The van der Waals surface area contributed by atoms with Gasteiger partial charge in [-0.05, 0) is 39.0 Å². The first-order valence-electron chi connectivity index (χ1n) is 11.8. The van der Waals surface area contributed by atoms with Crippen LogP contribution in [0, 0.1) is 0 Å². The molecule has 0 amide bonds. The van der Waals surface area contributed by atoms with E-state index in [-0.39, 0.29) is 5.97 Å². The predicted molar refractivity (Wildman–Crippen MR) is 118 cm³/mol. The van der Waals surface area contributed by atoms with Crippen molar-refractivity contribution in [3.05, 3.63) is 12.2 Å². The lowest BCUT2D eigenvalue weighted by atomic mass is 10.1. The Morgan fingerprint density at radius 3 is 1.82 bits per heavy atom. The van der Waals surface area contributed by atoms with Crippen LogP contribution in [0.15, 0.2) is 12.2 Å². The molecule has 28 heavy (non-hydrogen) atoms. The number of esters is 1. The summed E-state index contributed by atoms with van der Waals surface area (Å²) in [5.74, 6) is -0.106. The standard InChI is InChI=1S/C24H46O4/c1-3-5-6-7-8-9-10-11-12-13-14-15-16-17-18-19-24(25)28-23-22-27-21-20-26-4-2/h11-12H,3-10,13-23H2,1-2H3. The Hall–Kier alpha value is -0.870. The average Bonchev–Trinajstić information content (AvgIpc) is 2.70. The molecule has 0 aromatic rings. The van der Waals surface area contributed by atoms with Crippen LogP contribution in [0.5, 0.6) is 0 Å². The predicted octanol–water partition coefficient (Wildman–Crippen LogP) is 6.62. The van der Waals surface area contributed by atoms with E-state index in [4.69, 9.17) is 14.2 Å². The molecular weight excluding hydrogens is 352 g/mol. The zero-order valence-electron chi connectivity index (χ0n) is 18.7. The lowest BCUT2D eigenvalue weighted by Gasteiger charge is -2.06. The Balaban J connectivity index is 3.19. The van der Waals surface area contributed by atoms with Gasteiger partial charge in [0.15, 0.2) is 0 Å². The molecule has 0 bridgehead atoms. The van der Waals surface area contributed by atoms with Crippen LogP contribution < -0.4 is 0 Å². The van der Waals surface area contributed by atoms with Crippen LogP contribution in [-0.2, 0) is 19.0 Å². The van der Waals surface area contributed by atoms with E-state index in [9.17, 15) is 4.79 Å². The molecule has 0 unspecified atom stereocenters. The van der Waals surface area contributed by atoms with Crippen LogP contribution in [0.25, 0.3) is 0 Å². The van der Waals surface area contributed by atoms with Crippen molar-refractivity contribution in [2.45, 2.75) is 104 Å². The molecule has 0 atom stereocenters. The molecule has 0 heterocycles. The minimum Gasteiger partial charge on any atom is -0.463 e.